The summed E-state index contributed by atoms with van der Waals surface area (Å²) in [5.74, 6) is 4.52. The minimum Gasteiger partial charge on any atom is -0.300 e. The van der Waals surface area contributed by atoms with Crippen LogP contribution in [0.5, 0.6) is 0 Å². The van der Waals surface area contributed by atoms with Gasteiger partial charge in [0.2, 0.25) is 0 Å². The fourth-order valence-electron chi connectivity index (χ4n) is 0.391. The van der Waals surface area contributed by atoms with E-state index in [9.17, 15) is 13.8 Å². The van der Waals surface area contributed by atoms with E-state index in [1.165, 1.54) is 21.0 Å². The van der Waals surface area contributed by atoms with E-state index in [1.807, 2.05) is 0 Å². The van der Waals surface area contributed by atoms with Gasteiger partial charge in [-0.05, 0) is 13.8 Å². The number of hydrogen-bond acceptors (Lipinski definition) is 6. The third-order valence-electron chi connectivity index (χ3n) is 1.04. The second-order valence-corrected chi connectivity index (χ2v) is 3.31. The van der Waals surface area contributed by atoms with Gasteiger partial charge in [-0.15, -0.1) is 0 Å². The van der Waals surface area contributed by atoms with Crippen molar-refractivity contribution in [2.24, 2.45) is 5.90 Å². The summed E-state index contributed by atoms with van der Waals surface area (Å²) < 4.78 is 17.4. The molecule has 0 aromatic heterocycles. The van der Waals surface area contributed by atoms with Crippen LogP contribution in [0.1, 0.15) is 26.7 Å². The van der Waals surface area contributed by atoms with E-state index in [2.05, 4.69) is 14.4 Å². The lowest BCUT2D eigenvalue weighted by Gasteiger charge is -1.86. The monoisotopic (exact) mass is 225 g/mol. The van der Waals surface area contributed by atoms with Gasteiger partial charge in [0, 0.05) is 12.8 Å². The first-order chi connectivity index (χ1) is 6.43. The molecule has 84 valence electrons. The maximum atomic E-state index is 10.2. The molecule has 0 fully saturated rings. The fraction of sp³-hybridized carbons (Fsp3) is 0.714. The molecule has 0 aliphatic carbocycles. The molecule has 0 heterocycles. The van der Waals surface area contributed by atoms with Gasteiger partial charge < -0.3 is 9.59 Å². The first-order valence-corrected chi connectivity index (χ1v) is 4.76. The first-order valence-electron chi connectivity index (χ1n) is 3.76. The Morgan fingerprint density at radius 3 is 1.64 bits per heavy atom. The van der Waals surface area contributed by atoms with E-state index in [4.69, 9.17) is 0 Å². The molecule has 0 aliphatic heterocycles. The van der Waals surface area contributed by atoms with Crippen LogP contribution < -0.4 is 5.90 Å². The van der Waals surface area contributed by atoms with Gasteiger partial charge >= 0.3 is 11.4 Å². The minimum atomic E-state index is -1.76. The van der Waals surface area contributed by atoms with E-state index in [-0.39, 0.29) is 11.6 Å². The predicted octanol–water partition coefficient (Wildman–Crippen LogP) is 0.0464. The summed E-state index contributed by atoms with van der Waals surface area (Å²) in [6.07, 6.45) is 0.796. The van der Waals surface area contributed by atoms with Crippen molar-refractivity contribution in [3.8, 4) is 0 Å². The maximum Gasteiger partial charge on any atom is 0.321 e. The van der Waals surface area contributed by atoms with Crippen molar-refractivity contribution in [1.82, 2.24) is 0 Å². The normalized spacial score (nSPS) is 11.1. The average molecular weight is 225 g/mol. The average Bonchev–Trinajstić information content (AvgIpc) is 2.14. The third kappa shape index (κ3) is 17.5. The third-order valence-corrected chi connectivity index (χ3v) is 1.47. The summed E-state index contributed by atoms with van der Waals surface area (Å²) >= 11 is -1.76. The molecule has 0 aromatic rings. The fourth-order valence-corrected chi connectivity index (χ4v) is 0.470. The number of nitrogens with two attached hydrogens (primary N) is 1. The molecule has 0 bridgehead atoms. The highest BCUT2D eigenvalue weighted by Gasteiger charge is 1.95. The van der Waals surface area contributed by atoms with Gasteiger partial charge in [-0.2, -0.15) is 14.4 Å². The first kappa shape index (κ1) is 15.8. The number of ketones is 2. The van der Waals surface area contributed by atoms with Gasteiger partial charge in [0.05, 0.1) is 7.11 Å². The molecule has 0 rings (SSSR count). The summed E-state index contributed by atoms with van der Waals surface area (Å²) in [6.45, 7) is 2.98. The summed E-state index contributed by atoms with van der Waals surface area (Å²) in [7, 11) is 1.23. The zero-order valence-corrected chi connectivity index (χ0v) is 9.26. The lowest BCUT2D eigenvalue weighted by atomic mass is 10.2. The van der Waals surface area contributed by atoms with Crippen molar-refractivity contribution in [3.05, 3.63) is 0 Å². The van der Waals surface area contributed by atoms with Gasteiger partial charge in [0.1, 0.15) is 11.6 Å². The molecule has 0 amide bonds. The molecule has 6 nitrogen and oxygen atoms in total. The molecule has 14 heavy (non-hydrogen) atoms. The van der Waals surface area contributed by atoms with Gasteiger partial charge in [-0.1, -0.05) is 0 Å². The van der Waals surface area contributed by atoms with Gasteiger partial charge in [-0.25, -0.2) is 0 Å². The van der Waals surface area contributed by atoms with Crippen LogP contribution in [-0.2, 0) is 29.4 Å². The Bertz CT molecular complexity index is 186. The van der Waals surface area contributed by atoms with Crippen LogP contribution in [0.25, 0.3) is 0 Å². The Balaban J connectivity index is 0. The number of hydrogen-bond donors (Lipinski definition) is 1. The van der Waals surface area contributed by atoms with Gasteiger partial charge in [-0.3, -0.25) is 4.18 Å². The quantitative estimate of drug-likeness (QED) is 0.664. The van der Waals surface area contributed by atoms with Crippen LogP contribution >= 0.6 is 0 Å². The van der Waals surface area contributed by atoms with Crippen molar-refractivity contribution in [3.63, 3.8) is 0 Å². The van der Waals surface area contributed by atoms with E-state index in [0.29, 0.717) is 12.8 Å². The molecule has 2 N–H and O–H groups in total. The van der Waals surface area contributed by atoms with E-state index >= 15 is 0 Å². The molecule has 0 spiro atoms. The van der Waals surface area contributed by atoms with E-state index < -0.39 is 11.4 Å². The van der Waals surface area contributed by atoms with Crippen molar-refractivity contribution in [2.45, 2.75) is 26.7 Å². The Labute approximate surface area is 85.6 Å². The summed E-state index contributed by atoms with van der Waals surface area (Å²) in [5.41, 5.74) is 0. The van der Waals surface area contributed by atoms with Gasteiger partial charge in [0.25, 0.3) is 0 Å². The van der Waals surface area contributed by atoms with Crippen LogP contribution in [0.15, 0.2) is 0 Å². The van der Waals surface area contributed by atoms with E-state index in [0.717, 1.165) is 0 Å². The number of carbonyl (C=O) groups excluding carboxylic acids is 2. The van der Waals surface area contributed by atoms with Crippen LogP contribution in [-0.4, -0.2) is 22.9 Å². The lowest BCUT2D eigenvalue weighted by molar-refractivity contribution is -0.122. The summed E-state index contributed by atoms with van der Waals surface area (Å²) in [4.78, 5) is 20.4. The Kier molecular flexibility index (Phi) is 11.8. The highest BCUT2D eigenvalue weighted by atomic mass is 32.2. The molecule has 0 saturated carbocycles. The zero-order chi connectivity index (χ0) is 11.6. The molecule has 0 aliphatic rings. The maximum absolute atomic E-state index is 10.2. The number of rotatable bonds is 5. The molecular formula is C7H15NO5S. The molecule has 1 unspecified atom stereocenters. The number of carbonyl (C=O) groups is 2. The topological polar surface area (TPSA) is 95.7 Å². The highest BCUT2D eigenvalue weighted by molar-refractivity contribution is 7.75. The molecule has 7 heteroatoms. The molecule has 1 atom stereocenters. The highest BCUT2D eigenvalue weighted by Crippen LogP contribution is 1.89. The molecule has 0 aromatic carbocycles. The smallest absolute Gasteiger partial charge is 0.300 e. The minimum absolute atomic E-state index is 0.0835. The molecular weight excluding hydrogens is 210 g/mol. The van der Waals surface area contributed by atoms with Crippen molar-refractivity contribution < 1.29 is 22.3 Å². The van der Waals surface area contributed by atoms with Crippen molar-refractivity contribution in [1.29, 1.82) is 0 Å². The largest absolute Gasteiger partial charge is 0.321 e. The van der Waals surface area contributed by atoms with Crippen molar-refractivity contribution in [2.75, 3.05) is 7.11 Å². The standard InChI is InChI=1S/C6H10O2.CH5NO3S/c1-5(7)3-4-6(2)8;1-4-6(3)5-2/h3-4H2,1-2H3;2H2,1H3. The van der Waals surface area contributed by atoms with Crippen LogP contribution in [0.4, 0.5) is 0 Å². The van der Waals surface area contributed by atoms with E-state index in [1.54, 1.807) is 0 Å². The Hall–Kier alpha value is -0.630. The van der Waals surface area contributed by atoms with Crippen LogP contribution in [0.2, 0.25) is 0 Å². The van der Waals surface area contributed by atoms with Crippen molar-refractivity contribution >= 4 is 22.9 Å². The second kappa shape index (κ2) is 10.5. The second-order valence-electron chi connectivity index (χ2n) is 2.37. The predicted molar refractivity (Wildman–Crippen MR) is 51.0 cm³/mol. The summed E-state index contributed by atoms with van der Waals surface area (Å²) in [6, 6.07) is 0. The lowest BCUT2D eigenvalue weighted by Crippen LogP contribution is -2.03. The number of Topliss-reactive ketones (excluding diaryl/α,β-unsaturated/α-hetero) is 2. The SMILES string of the molecule is CC(=O)CCC(C)=O.COS(=O)ON. The zero-order valence-electron chi connectivity index (χ0n) is 8.44. The molecule has 0 radical (unpaired) electrons. The van der Waals surface area contributed by atoms with Crippen LogP contribution in [0, 0.1) is 0 Å². The summed E-state index contributed by atoms with van der Waals surface area (Å²) in [5, 5.41) is 0. The Morgan fingerprint density at radius 2 is 1.57 bits per heavy atom. The molecule has 0 saturated heterocycles. The van der Waals surface area contributed by atoms with Gasteiger partial charge in [0.15, 0.2) is 0 Å². The Morgan fingerprint density at radius 1 is 1.21 bits per heavy atom. The van der Waals surface area contributed by atoms with Crippen LogP contribution in [0.3, 0.4) is 0 Å².